The summed E-state index contributed by atoms with van der Waals surface area (Å²) in [7, 11) is 2.77. The second kappa shape index (κ2) is 5.06. The van der Waals surface area contributed by atoms with Gasteiger partial charge in [0.25, 0.3) is 0 Å². The molecule has 0 spiro atoms. The van der Waals surface area contributed by atoms with Crippen LogP contribution in [0.25, 0.3) is 0 Å². The number of aromatic nitrogens is 2. The van der Waals surface area contributed by atoms with Gasteiger partial charge in [-0.25, -0.2) is 9.78 Å². The van der Waals surface area contributed by atoms with Crippen molar-refractivity contribution in [3.63, 3.8) is 0 Å². The molecule has 1 rings (SSSR count). The molecule has 1 aromatic heterocycles. The summed E-state index contributed by atoms with van der Waals surface area (Å²) < 4.78 is 4.48. The van der Waals surface area contributed by atoms with Crippen LogP contribution in [0.15, 0.2) is 12.4 Å². The highest BCUT2D eigenvalue weighted by molar-refractivity contribution is 5.87. The molecule has 1 N–H and O–H groups in total. The molecule has 0 amide bonds. The van der Waals surface area contributed by atoms with E-state index in [1.807, 2.05) is 0 Å². The number of rotatable bonds is 4. The van der Waals surface area contributed by atoms with E-state index in [2.05, 4.69) is 14.7 Å². The molecule has 0 radical (unpaired) electrons. The Bertz CT molecular complexity index is 407. The number of carboxylic acids is 1. The number of esters is 1. The van der Waals surface area contributed by atoms with Gasteiger partial charge in [-0.15, -0.1) is 0 Å². The van der Waals surface area contributed by atoms with Crippen LogP contribution in [0.3, 0.4) is 0 Å². The molecular weight excluding hydrogens is 214 g/mol. The summed E-state index contributed by atoms with van der Waals surface area (Å²) in [6.07, 6.45) is 2.62. The maximum atomic E-state index is 11.2. The number of carbonyl (C=O) groups is 2. The summed E-state index contributed by atoms with van der Waals surface area (Å²) in [6, 6.07) is 0. The number of nitrogens with zero attached hydrogens (tertiary/aromatic N) is 3. The van der Waals surface area contributed by atoms with Crippen molar-refractivity contribution in [1.82, 2.24) is 9.97 Å². The third-order valence-corrected chi connectivity index (χ3v) is 1.78. The molecule has 0 aliphatic heterocycles. The largest absolute Gasteiger partial charge is 0.480 e. The molecule has 0 saturated carbocycles. The fraction of sp³-hybridized carbons (Fsp3) is 0.333. The molecule has 0 aliphatic carbocycles. The fourth-order valence-corrected chi connectivity index (χ4v) is 1.03. The summed E-state index contributed by atoms with van der Waals surface area (Å²) in [5, 5.41) is 8.59. The monoisotopic (exact) mass is 225 g/mol. The molecule has 0 aromatic carbocycles. The zero-order chi connectivity index (χ0) is 12.1. The van der Waals surface area contributed by atoms with E-state index in [9.17, 15) is 9.59 Å². The molecule has 1 heterocycles. The van der Waals surface area contributed by atoms with E-state index >= 15 is 0 Å². The van der Waals surface area contributed by atoms with E-state index in [0.717, 1.165) is 0 Å². The second-order valence-corrected chi connectivity index (χ2v) is 3.00. The molecule has 0 saturated heterocycles. The van der Waals surface area contributed by atoms with Gasteiger partial charge in [-0.1, -0.05) is 0 Å². The van der Waals surface area contributed by atoms with Gasteiger partial charge in [-0.05, 0) is 0 Å². The van der Waals surface area contributed by atoms with Gasteiger partial charge >= 0.3 is 11.9 Å². The van der Waals surface area contributed by atoms with Crippen LogP contribution in [-0.4, -0.2) is 47.7 Å². The van der Waals surface area contributed by atoms with Crippen molar-refractivity contribution in [2.75, 3.05) is 25.6 Å². The molecule has 0 aliphatic rings. The van der Waals surface area contributed by atoms with Crippen LogP contribution in [-0.2, 0) is 9.53 Å². The minimum Gasteiger partial charge on any atom is -0.480 e. The van der Waals surface area contributed by atoms with E-state index in [-0.39, 0.29) is 12.2 Å². The van der Waals surface area contributed by atoms with Crippen LogP contribution in [0.1, 0.15) is 10.5 Å². The zero-order valence-corrected chi connectivity index (χ0v) is 8.88. The summed E-state index contributed by atoms with van der Waals surface area (Å²) in [5.74, 6) is -1.31. The first-order chi connectivity index (χ1) is 7.54. The lowest BCUT2D eigenvalue weighted by atomic mass is 10.4. The van der Waals surface area contributed by atoms with E-state index in [1.165, 1.54) is 24.4 Å². The number of hydrogen-bond donors (Lipinski definition) is 1. The number of hydrogen-bond acceptors (Lipinski definition) is 6. The highest BCUT2D eigenvalue weighted by Crippen LogP contribution is 2.07. The molecule has 0 atom stereocenters. The van der Waals surface area contributed by atoms with Gasteiger partial charge in [0, 0.05) is 7.05 Å². The molecule has 1 aromatic rings. The van der Waals surface area contributed by atoms with Crippen molar-refractivity contribution in [3.05, 3.63) is 18.1 Å². The molecule has 86 valence electrons. The Morgan fingerprint density at radius 2 is 2.19 bits per heavy atom. The van der Waals surface area contributed by atoms with Gasteiger partial charge < -0.3 is 14.7 Å². The van der Waals surface area contributed by atoms with Gasteiger partial charge in [0.1, 0.15) is 12.4 Å². The molecule has 0 unspecified atom stereocenters. The Hall–Kier alpha value is -2.18. The third kappa shape index (κ3) is 2.91. The fourth-order valence-electron chi connectivity index (χ4n) is 1.03. The van der Waals surface area contributed by atoms with Gasteiger partial charge in [-0.3, -0.25) is 9.78 Å². The Kier molecular flexibility index (Phi) is 3.76. The highest BCUT2D eigenvalue weighted by atomic mass is 16.5. The summed E-state index contributed by atoms with van der Waals surface area (Å²) in [4.78, 5) is 30.7. The van der Waals surface area contributed by atoms with E-state index in [4.69, 9.17) is 5.11 Å². The molecular formula is C9H11N3O4. The molecule has 16 heavy (non-hydrogen) atoms. The first-order valence-corrected chi connectivity index (χ1v) is 4.38. The number of carbonyl (C=O) groups excluding carboxylic acids is 1. The number of methoxy groups -OCH3 is 1. The minimum absolute atomic E-state index is 0.0391. The Morgan fingerprint density at radius 1 is 1.50 bits per heavy atom. The number of anilines is 1. The number of ether oxygens (including phenoxy) is 1. The van der Waals surface area contributed by atoms with Crippen LogP contribution in [0.5, 0.6) is 0 Å². The van der Waals surface area contributed by atoms with Gasteiger partial charge in [0.2, 0.25) is 0 Å². The van der Waals surface area contributed by atoms with Gasteiger partial charge in [-0.2, -0.15) is 0 Å². The van der Waals surface area contributed by atoms with Crippen molar-refractivity contribution in [2.24, 2.45) is 0 Å². The molecule has 0 fully saturated rings. The Balaban J connectivity index is 2.89. The summed E-state index contributed by atoms with van der Waals surface area (Å²) in [5.41, 5.74) is 0.0391. The number of likely N-dealkylation sites (N-methyl/N-ethyl adjacent to an activating group) is 1. The lowest BCUT2D eigenvalue weighted by molar-refractivity contribution is -0.135. The maximum Gasteiger partial charge on any atom is 0.358 e. The topological polar surface area (TPSA) is 92.6 Å². The molecule has 7 nitrogen and oxygen atoms in total. The Labute approximate surface area is 91.7 Å². The van der Waals surface area contributed by atoms with Gasteiger partial charge in [0.05, 0.1) is 19.5 Å². The van der Waals surface area contributed by atoms with Crippen molar-refractivity contribution < 1.29 is 19.4 Å². The predicted octanol–water partition coefficient (Wildman–Crippen LogP) is -0.216. The molecule has 0 bridgehead atoms. The summed E-state index contributed by atoms with van der Waals surface area (Å²) >= 11 is 0. The van der Waals surface area contributed by atoms with E-state index < -0.39 is 11.9 Å². The maximum absolute atomic E-state index is 11.2. The third-order valence-electron chi connectivity index (χ3n) is 1.78. The van der Waals surface area contributed by atoms with Crippen molar-refractivity contribution in [3.8, 4) is 0 Å². The standard InChI is InChI=1S/C9H11N3O4/c1-12(5-8(13)14)7-4-10-3-6(11-7)9(15)16-2/h3-4H,5H2,1-2H3,(H,13,14). The highest BCUT2D eigenvalue weighted by Gasteiger charge is 2.12. The van der Waals surface area contributed by atoms with Crippen LogP contribution in [0.2, 0.25) is 0 Å². The lowest BCUT2D eigenvalue weighted by Gasteiger charge is -2.14. The second-order valence-electron chi connectivity index (χ2n) is 3.00. The van der Waals surface area contributed by atoms with Gasteiger partial charge in [0.15, 0.2) is 5.69 Å². The first kappa shape index (κ1) is 11.9. The quantitative estimate of drug-likeness (QED) is 0.708. The van der Waals surface area contributed by atoms with E-state index in [0.29, 0.717) is 5.82 Å². The lowest BCUT2D eigenvalue weighted by Crippen LogP contribution is -2.26. The zero-order valence-electron chi connectivity index (χ0n) is 8.88. The average Bonchev–Trinajstić information content (AvgIpc) is 2.27. The molecule has 7 heteroatoms. The summed E-state index contributed by atoms with van der Waals surface area (Å²) in [6.45, 7) is -0.223. The number of carboxylic acid groups (broad SMARTS) is 1. The van der Waals surface area contributed by atoms with Crippen molar-refractivity contribution in [1.29, 1.82) is 0 Å². The normalized spacial score (nSPS) is 9.62. The first-order valence-electron chi connectivity index (χ1n) is 4.38. The smallest absolute Gasteiger partial charge is 0.358 e. The van der Waals surface area contributed by atoms with Crippen molar-refractivity contribution >= 4 is 17.8 Å². The Morgan fingerprint density at radius 3 is 2.75 bits per heavy atom. The van der Waals surface area contributed by atoms with Crippen LogP contribution in [0.4, 0.5) is 5.82 Å². The SMILES string of the molecule is COC(=O)c1cncc(N(C)CC(=O)O)n1. The predicted molar refractivity (Wildman–Crippen MR) is 54.3 cm³/mol. The van der Waals surface area contributed by atoms with Crippen LogP contribution >= 0.6 is 0 Å². The minimum atomic E-state index is -0.993. The number of aliphatic carboxylic acids is 1. The van der Waals surface area contributed by atoms with E-state index in [1.54, 1.807) is 7.05 Å². The van der Waals surface area contributed by atoms with Crippen molar-refractivity contribution in [2.45, 2.75) is 0 Å². The van der Waals surface area contributed by atoms with Crippen LogP contribution in [0, 0.1) is 0 Å². The van der Waals surface area contributed by atoms with Crippen LogP contribution < -0.4 is 4.90 Å². The average molecular weight is 225 g/mol.